The zero-order valence-corrected chi connectivity index (χ0v) is 23.3. The molecule has 210 valence electrons. The third-order valence-corrected chi connectivity index (χ3v) is 7.29. The number of nitrogens with one attached hydrogen (secondary N) is 1. The van der Waals surface area contributed by atoms with Crippen LogP contribution in [0.2, 0.25) is 0 Å². The number of nitrogens with zero attached hydrogens (tertiary/aromatic N) is 2. The summed E-state index contributed by atoms with van der Waals surface area (Å²) in [6.07, 6.45) is -2.74. The van der Waals surface area contributed by atoms with Crippen LogP contribution in [0.3, 0.4) is 0 Å². The summed E-state index contributed by atoms with van der Waals surface area (Å²) >= 11 is 1.36. The van der Waals surface area contributed by atoms with E-state index in [1.54, 1.807) is 18.6 Å². The molecule has 0 aliphatic rings. The van der Waals surface area contributed by atoms with Gasteiger partial charge >= 0.3 is 6.18 Å². The molecule has 1 N–H and O–H groups in total. The average Bonchev–Trinajstić information content (AvgIpc) is 3.41. The van der Waals surface area contributed by atoms with Crippen molar-refractivity contribution in [1.82, 2.24) is 15.2 Å². The number of aromatic nitrogens is 1. The Morgan fingerprint density at radius 2 is 1.65 bits per heavy atom. The number of alkyl halides is 3. The van der Waals surface area contributed by atoms with Gasteiger partial charge in [0.1, 0.15) is 16.5 Å². The summed E-state index contributed by atoms with van der Waals surface area (Å²) in [6.45, 7) is 3.12. The molecule has 0 bridgehead atoms. The largest absolute Gasteiger partial charge is 0.497 e. The molecule has 0 fully saturated rings. The second-order valence-electron chi connectivity index (χ2n) is 9.72. The lowest BCUT2D eigenvalue weighted by atomic mass is 10.1. The molecule has 3 aromatic carbocycles. The molecule has 1 atom stereocenters. The Kier molecular flexibility index (Phi) is 9.95. The Bertz CT molecular complexity index is 1370. The molecule has 0 aliphatic carbocycles. The number of carbonyl (C=O) groups excluding carboxylic acids is 1. The van der Waals surface area contributed by atoms with Crippen molar-refractivity contribution in [3.8, 4) is 5.75 Å². The summed E-state index contributed by atoms with van der Waals surface area (Å²) in [4.78, 5) is 19.4. The molecule has 4 aromatic rings. The van der Waals surface area contributed by atoms with Crippen LogP contribution in [0.1, 0.15) is 51.1 Å². The van der Waals surface area contributed by atoms with Crippen molar-refractivity contribution in [2.24, 2.45) is 0 Å². The van der Waals surface area contributed by atoms with Gasteiger partial charge in [0, 0.05) is 24.5 Å². The molecule has 40 heavy (non-hydrogen) atoms. The van der Waals surface area contributed by atoms with Crippen LogP contribution in [-0.4, -0.2) is 28.9 Å². The zero-order chi connectivity index (χ0) is 28.5. The molecule has 0 aliphatic heterocycles. The molecular weight excluding hydrogens is 535 g/mol. The second kappa shape index (κ2) is 13.6. The summed E-state index contributed by atoms with van der Waals surface area (Å²) in [5.74, 6) is 0.490. The summed E-state index contributed by atoms with van der Waals surface area (Å²) in [6, 6.07) is 23.0. The monoisotopic (exact) mass is 567 g/mol. The van der Waals surface area contributed by atoms with Crippen molar-refractivity contribution in [2.75, 3.05) is 7.11 Å². The lowest BCUT2D eigenvalue weighted by Crippen LogP contribution is -2.33. The van der Waals surface area contributed by atoms with Gasteiger partial charge in [-0.1, -0.05) is 60.7 Å². The Balaban J connectivity index is 1.43. The van der Waals surface area contributed by atoms with Gasteiger partial charge in [-0.3, -0.25) is 9.69 Å². The highest BCUT2D eigenvalue weighted by Gasteiger charge is 2.30. The minimum Gasteiger partial charge on any atom is -0.497 e. The van der Waals surface area contributed by atoms with Crippen molar-refractivity contribution < 1.29 is 22.7 Å². The third-order valence-electron chi connectivity index (χ3n) is 6.46. The topological polar surface area (TPSA) is 54.5 Å². The normalized spacial score (nSPS) is 12.3. The molecule has 1 unspecified atom stereocenters. The number of thiazole rings is 1. The molecule has 0 saturated heterocycles. The van der Waals surface area contributed by atoms with Crippen molar-refractivity contribution >= 4 is 17.2 Å². The van der Waals surface area contributed by atoms with E-state index in [0.717, 1.165) is 30.2 Å². The van der Waals surface area contributed by atoms with Crippen LogP contribution in [0.15, 0.2) is 84.2 Å². The molecule has 9 heteroatoms. The lowest BCUT2D eigenvalue weighted by molar-refractivity contribution is -0.137. The fraction of sp³-hybridized carbons (Fsp3) is 0.290. The lowest BCUT2D eigenvalue weighted by Gasteiger charge is -2.22. The SMILES string of the molecule is COc1ccc(CN(Cc2cccc(C(F)(F)F)c2)Cc2nc(C(=O)NC(C)CCc3ccccc3)cs2)cc1. The van der Waals surface area contributed by atoms with Crippen LogP contribution in [-0.2, 0) is 32.2 Å². The predicted molar refractivity (Wildman–Crippen MR) is 151 cm³/mol. The summed E-state index contributed by atoms with van der Waals surface area (Å²) in [5.41, 5.74) is 2.41. The van der Waals surface area contributed by atoms with Gasteiger partial charge in [-0.25, -0.2) is 4.98 Å². The number of rotatable bonds is 12. The average molecular weight is 568 g/mol. The Morgan fingerprint density at radius 3 is 2.35 bits per heavy atom. The van der Waals surface area contributed by atoms with Gasteiger partial charge in [0.2, 0.25) is 0 Å². The maximum Gasteiger partial charge on any atom is 0.416 e. The minimum atomic E-state index is -4.41. The maximum absolute atomic E-state index is 13.3. The smallest absolute Gasteiger partial charge is 0.416 e. The van der Waals surface area contributed by atoms with Crippen LogP contribution in [0, 0.1) is 0 Å². The van der Waals surface area contributed by atoms with E-state index in [1.807, 2.05) is 54.3 Å². The summed E-state index contributed by atoms with van der Waals surface area (Å²) in [5, 5.41) is 5.45. The van der Waals surface area contributed by atoms with E-state index in [1.165, 1.54) is 29.0 Å². The Hall–Kier alpha value is -3.69. The third kappa shape index (κ3) is 8.66. The van der Waals surface area contributed by atoms with Crippen LogP contribution in [0.4, 0.5) is 13.2 Å². The van der Waals surface area contributed by atoms with E-state index >= 15 is 0 Å². The van der Waals surface area contributed by atoms with Crippen LogP contribution in [0.25, 0.3) is 0 Å². The number of aryl methyl sites for hydroxylation is 1. The molecular formula is C31H32F3N3O2S. The number of benzene rings is 3. The number of halogens is 3. The molecule has 1 heterocycles. The van der Waals surface area contributed by atoms with Crippen molar-refractivity contribution in [2.45, 2.75) is 51.6 Å². The van der Waals surface area contributed by atoms with Gasteiger partial charge in [0.05, 0.1) is 19.2 Å². The summed E-state index contributed by atoms with van der Waals surface area (Å²) in [7, 11) is 1.59. The number of methoxy groups -OCH3 is 1. The van der Waals surface area contributed by atoms with Gasteiger partial charge in [0.15, 0.2) is 0 Å². The fourth-order valence-electron chi connectivity index (χ4n) is 4.34. The van der Waals surface area contributed by atoms with Gasteiger partial charge in [-0.05, 0) is 54.7 Å². The number of hydrogen-bond acceptors (Lipinski definition) is 5. The second-order valence-corrected chi connectivity index (χ2v) is 10.7. The predicted octanol–water partition coefficient (Wildman–Crippen LogP) is 7.12. The number of amides is 1. The Morgan fingerprint density at radius 1 is 0.950 bits per heavy atom. The van der Waals surface area contributed by atoms with Crippen molar-refractivity contribution in [1.29, 1.82) is 0 Å². The number of ether oxygens (including phenoxy) is 1. The fourth-order valence-corrected chi connectivity index (χ4v) is 5.15. The number of carbonyl (C=O) groups is 1. The molecule has 0 saturated carbocycles. The highest BCUT2D eigenvalue weighted by molar-refractivity contribution is 7.09. The first kappa shape index (κ1) is 29.3. The highest BCUT2D eigenvalue weighted by Crippen LogP contribution is 2.30. The van der Waals surface area contributed by atoms with Gasteiger partial charge in [-0.15, -0.1) is 11.3 Å². The highest BCUT2D eigenvalue weighted by atomic mass is 32.1. The molecule has 1 aromatic heterocycles. The van der Waals surface area contributed by atoms with E-state index in [2.05, 4.69) is 22.4 Å². The molecule has 5 nitrogen and oxygen atoms in total. The first-order valence-electron chi connectivity index (χ1n) is 13.0. The minimum absolute atomic E-state index is 0.0228. The molecule has 0 radical (unpaired) electrons. The Labute approximate surface area is 236 Å². The van der Waals surface area contributed by atoms with Crippen LogP contribution in [0.5, 0.6) is 5.75 Å². The van der Waals surface area contributed by atoms with Crippen molar-refractivity contribution in [3.05, 3.63) is 117 Å². The number of hydrogen-bond donors (Lipinski definition) is 1. The van der Waals surface area contributed by atoms with E-state index in [9.17, 15) is 18.0 Å². The van der Waals surface area contributed by atoms with Crippen LogP contribution >= 0.6 is 11.3 Å². The first-order chi connectivity index (χ1) is 19.2. The molecule has 4 rings (SSSR count). The standard InChI is InChI=1S/C31H32F3N3O2S/c1-22(11-12-23-7-4-3-5-8-23)35-30(38)28-21-40-29(36-28)20-37(18-24-13-15-27(39-2)16-14-24)19-25-9-6-10-26(17-25)31(32,33)34/h3-10,13-17,21-22H,11-12,18-20H2,1-2H3,(H,35,38). The first-order valence-corrected chi connectivity index (χ1v) is 13.9. The maximum atomic E-state index is 13.3. The van der Waals surface area contributed by atoms with E-state index in [0.29, 0.717) is 29.4 Å². The van der Waals surface area contributed by atoms with Crippen molar-refractivity contribution in [3.63, 3.8) is 0 Å². The van der Waals surface area contributed by atoms with E-state index in [4.69, 9.17) is 4.74 Å². The quantitative estimate of drug-likeness (QED) is 0.198. The summed E-state index contributed by atoms with van der Waals surface area (Å²) < 4.78 is 45.1. The zero-order valence-electron chi connectivity index (χ0n) is 22.4. The van der Waals surface area contributed by atoms with E-state index in [-0.39, 0.29) is 18.5 Å². The van der Waals surface area contributed by atoms with Gasteiger partial charge in [-0.2, -0.15) is 13.2 Å². The molecule has 1 amide bonds. The molecule has 0 spiro atoms. The van der Waals surface area contributed by atoms with E-state index < -0.39 is 11.7 Å². The van der Waals surface area contributed by atoms with Gasteiger partial charge < -0.3 is 10.1 Å². The van der Waals surface area contributed by atoms with Gasteiger partial charge in [0.25, 0.3) is 5.91 Å². The van der Waals surface area contributed by atoms with Crippen LogP contribution < -0.4 is 10.1 Å².